The van der Waals surface area contributed by atoms with Crippen LogP contribution in [-0.4, -0.2) is 17.3 Å². The number of allylic oxidation sites excluding steroid dienone is 2. The Balaban J connectivity index is 2.35. The van der Waals surface area contributed by atoms with E-state index >= 15 is 0 Å². The first-order chi connectivity index (χ1) is 5.36. The maximum atomic E-state index is 4.24. The summed E-state index contributed by atoms with van der Waals surface area (Å²) in [6.07, 6.45) is 10.1. The van der Waals surface area contributed by atoms with Gasteiger partial charge in [-0.2, -0.15) is 0 Å². The van der Waals surface area contributed by atoms with Crippen molar-refractivity contribution in [3.05, 3.63) is 36.2 Å². The highest BCUT2D eigenvalue weighted by Crippen LogP contribution is 2.11. The molecule has 2 nitrogen and oxygen atoms in total. The molecule has 0 aromatic rings. The fourth-order valence-electron chi connectivity index (χ4n) is 1.17. The highest BCUT2D eigenvalue weighted by Gasteiger charge is 2.09. The second kappa shape index (κ2) is 2.38. The lowest BCUT2D eigenvalue weighted by Gasteiger charge is -2.23. The van der Waals surface area contributed by atoms with Crippen LogP contribution in [0.15, 0.2) is 41.2 Å². The molecule has 0 aliphatic carbocycles. The second-order valence-corrected chi connectivity index (χ2v) is 2.73. The molecule has 0 bridgehead atoms. The Hall–Kier alpha value is -1.31. The van der Waals surface area contributed by atoms with Gasteiger partial charge >= 0.3 is 0 Å². The molecule has 56 valence electrons. The molecule has 0 N–H and O–H groups in total. The van der Waals surface area contributed by atoms with Crippen LogP contribution in [0.4, 0.5) is 0 Å². The van der Waals surface area contributed by atoms with E-state index in [4.69, 9.17) is 0 Å². The molecule has 2 heteroatoms. The summed E-state index contributed by atoms with van der Waals surface area (Å²) in [5, 5.41) is 0. The van der Waals surface area contributed by atoms with Gasteiger partial charge in [-0.15, -0.1) is 0 Å². The van der Waals surface area contributed by atoms with Crippen molar-refractivity contribution >= 4 is 5.84 Å². The van der Waals surface area contributed by atoms with Crippen molar-refractivity contribution in [3.8, 4) is 0 Å². The van der Waals surface area contributed by atoms with Crippen molar-refractivity contribution in [2.24, 2.45) is 4.99 Å². The number of fused-ring (bicyclic) bond motifs is 1. The summed E-state index contributed by atoms with van der Waals surface area (Å²) in [4.78, 5) is 6.35. The Morgan fingerprint density at radius 3 is 3.36 bits per heavy atom. The molecule has 0 fully saturated rings. The second-order valence-electron chi connectivity index (χ2n) is 2.73. The van der Waals surface area contributed by atoms with Crippen molar-refractivity contribution in [3.63, 3.8) is 0 Å². The van der Waals surface area contributed by atoms with Gasteiger partial charge in [-0.05, 0) is 30.7 Å². The standard InChI is InChI=1S/C9H10N2/c1-8-3-6-11-5-2-4-10-9(11)7-8/h2-4,6-7H,5H2,1H3. The lowest BCUT2D eigenvalue weighted by Crippen LogP contribution is -2.27. The van der Waals surface area contributed by atoms with Crippen molar-refractivity contribution < 1.29 is 0 Å². The summed E-state index contributed by atoms with van der Waals surface area (Å²) in [6.45, 7) is 3.02. The quantitative estimate of drug-likeness (QED) is 0.507. The minimum atomic E-state index is 0.944. The molecule has 0 radical (unpaired) electrons. The van der Waals surface area contributed by atoms with E-state index in [9.17, 15) is 0 Å². The minimum Gasteiger partial charge on any atom is -0.329 e. The lowest BCUT2D eigenvalue weighted by atomic mass is 10.2. The summed E-state index contributed by atoms with van der Waals surface area (Å²) >= 11 is 0. The molecule has 0 saturated heterocycles. The van der Waals surface area contributed by atoms with Crippen molar-refractivity contribution in [1.82, 2.24) is 4.90 Å². The van der Waals surface area contributed by atoms with E-state index in [-0.39, 0.29) is 0 Å². The fraction of sp³-hybridized carbons (Fsp3) is 0.222. The van der Waals surface area contributed by atoms with Gasteiger partial charge in [0.05, 0.1) is 0 Å². The van der Waals surface area contributed by atoms with Gasteiger partial charge < -0.3 is 4.90 Å². The minimum absolute atomic E-state index is 0.944. The van der Waals surface area contributed by atoms with E-state index in [0.717, 1.165) is 12.4 Å². The van der Waals surface area contributed by atoms with Gasteiger partial charge in [-0.25, -0.2) is 4.99 Å². The molecule has 2 aliphatic heterocycles. The first kappa shape index (κ1) is 6.40. The van der Waals surface area contributed by atoms with Crippen LogP contribution >= 0.6 is 0 Å². The van der Waals surface area contributed by atoms with E-state index in [2.05, 4.69) is 35.2 Å². The maximum absolute atomic E-state index is 4.24. The van der Waals surface area contributed by atoms with E-state index in [1.807, 2.05) is 12.3 Å². The third kappa shape index (κ3) is 1.11. The summed E-state index contributed by atoms with van der Waals surface area (Å²) < 4.78 is 0. The van der Waals surface area contributed by atoms with Gasteiger partial charge in [0.15, 0.2) is 0 Å². The number of hydrogen-bond acceptors (Lipinski definition) is 2. The number of rotatable bonds is 0. The largest absolute Gasteiger partial charge is 0.329 e. The third-order valence-electron chi connectivity index (χ3n) is 1.78. The Morgan fingerprint density at radius 1 is 1.55 bits per heavy atom. The molecule has 2 heterocycles. The maximum Gasteiger partial charge on any atom is 0.132 e. The van der Waals surface area contributed by atoms with E-state index in [1.165, 1.54) is 5.57 Å². The average molecular weight is 146 g/mol. The third-order valence-corrected chi connectivity index (χ3v) is 1.78. The van der Waals surface area contributed by atoms with Crippen LogP contribution in [0, 0.1) is 0 Å². The molecule has 0 amide bonds. The number of hydrogen-bond donors (Lipinski definition) is 0. The molecule has 0 spiro atoms. The van der Waals surface area contributed by atoms with E-state index < -0.39 is 0 Å². The van der Waals surface area contributed by atoms with Crippen molar-refractivity contribution in [2.45, 2.75) is 6.92 Å². The monoisotopic (exact) mass is 146 g/mol. The molecule has 0 atom stereocenters. The molecule has 2 aliphatic rings. The number of aliphatic imine (C=N–C) groups is 1. The predicted molar refractivity (Wildman–Crippen MR) is 46.2 cm³/mol. The molecule has 0 aromatic carbocycles. The molecular weight excluding hydrogens is 136 g/mol. The van der Waals surface area contributed by atoms with Crippen molar-refractivity contribution in [1.29, 1.82) is 0 Å². The molecule has 2 rings (SSSR count). The highest BCUT2D eigenvalue weighted by atomic mass is 15.2. The molecule has 0 unspecified atom stereocenters. The first-order valence-electron chi connectivity index (χ1n) is 3.72. The number of amidine groups is 1. The topological polar surface area (TPSA) is 15.6 Å². The zero-order valence-corrected chi connectivity index (χ0v) is 6.49. The van der Waals surface area contributed by atoms with Gasteiger partial charge in [0.25, 0.3) is 0 Å². The normalized spacial score (nSPS) is 21.0. The SMILES string of the molecule is CC1=CC2=NC=CCN2C=C1. The summed E-state index contributed by atoms with van der Waals surface area (Å²) in [7, 11) is 0. The van der Waals surface area contributed by atoms with Crippen LogP contribution in [0.5, 0.6) is 0 Å². The summed E-state index contributed by atoms with van der Waals surface area (Å²) in [6, 6.07) is 0. The van der Waals surface area contributed by atoms with Crippen molar-refractivity contribution in [2.75, 3.05) is 6.54 Å². The first-order valence-corrected chi connectivity index (χ1v) is 3.72. The zero-order valence-electron chi connectivity index (χ0n) is 6.49. The van der Waals surface area contributed by atoms with Crippen LogP contribution in [0.1, 0.15) is 6.92 Å². The average Bonchev–Trinajstić information content (AvgIpc) is 2.04. The molecular formula is C9H10N2. The Labute approximate surface area is 66.2 Å². The zero-order chi connectivity index (χ0) is 7.68. The lowest BCUT2D eigenvalue weighted by molar-refractivity contribution is 0.612. The van der Waals surface area contributed by atoms with Crippen LogP contribution in [-0.2, 0) is 0 Å². The Kier molecular flexibility index (Phi) is 1.39. The van der Waals surface area contributed by atoms with Gasteiger partial charge in [0.2, 0.25) is 0 Å². The number of nitrogens with zero attached hydrogens (tertiary/aromatic N) is 2. The summed E-state index contributed by atoms with van der Waals surface area (Å²) in [5.41, 5.74) is 1.26. The van der Waals surface area contributed by atoms with Crippen LogP contribution in [0.2, 0.25) is 0 Å². The highest BCUT2D eigenvalue weighted by molar-refractivity contribution is 5.96. The van der Waals surface area contributed by atoms with E-state index in [1.54, 1.807) is 0 Å². The smallest absolute Gasteiger partial charge is 0.132 e. The predicted octanol–water partition coefficient (Wildman–Crippen LogP) is 1.69. The fourth-order valence-corrected chi connectivity index (χ4v) is 1.17. The van der Waals surface area contributed by atoms with Gasteiger partial charge in [-0.3, -0.25) is 0 Å². The Morgan fingerprint density at radius 2 is 2.45 bits per heavy atom. The molecule has 0 aromatic heterocycles. The van der Waals surface area contributed by atoms with E-state index in [0.29, 0.717) is 0 Å². The van der Waals surface area contributed by atoms with Crippen LogP contribution in [0.3, 0.4) is 0 Å². The van der Waals surface area contributed by atoms with Gasteiger partial charge in [0, 0.05) is 18.9 Å². The molecule has 0 saturated carbocycles. The van der Waals surface area contributed by atoms with Gasteiger partial charge in [-0.1, -0.05) is 0 Å². The van der Waals surface area contributed by atoms with Crippen LogP contribution in [0.25, 0.3) is 0 Å². The Bertz CT molecular complexity index is 282. The van der Waals surface area contributed by atoms with Gasteiger partial charge in [0.1, 0.15) is 5.84 Å². The van der Waals surface area contributed by atoms with Crippen LogP contribution < -0.4 is 0 Å². The molecule has 11 heavy (non-hydrogen) atoms. The summed E-state index contributed by atoms with van der Waals surface area (Å²) in [5.74, 6) is 1.05.